The second-order valence-corrected chi connectivity index (χ2v) is 7.06. The van der Waals surface area contributed by atoms with Crippen LogP contribution in [0.2, 0.25) is 0 Å². The summed E-state index contributed by atoms with van der Waals surface area (Å²) in [7, 11) is 0. The molecule has 1 aliphatic rings. The van der Waals surface area contributed by atoms with Gasteiger partial charge in [-0.2, -0.15) is 10.1 Å². The van der Waals surface area contributed by atoms with Gasteiger partial charge in [-0.25, -0.2) is 4.98 Å². The summed E-state index contributed by atoms with van der Waals surface area (Å²) < 4.78 is 0. The Morgan fingerprint density at radius 3 is 2.93 bits per heavy atom. The van der Waals surface area contributed by atoms with E-state index >= 15 is 0 Å². The first-order chi connectivity index (χ1) is 13.2. The normalized spacial score (nSPS) is 15.0. The predicted octanol–water partition coefficient (Wildman–Crippen LogP) is 4.48. The van der Waals surface area contributed by atoms with E-state index in [-0.39, 0.29) is 6.04 Å². The van der Waals surface area contributed by atoms with Crippen LogP contribution in [-0.4, -0.2) is 25.1 Å². The van der Waals surface area contributed by atoms with Crippen LogP contribution in [0.3, 0.4) is 0 Å². The third-order valence-electron chi connectivity index (χ3n) is 4.95. The number of H-pyrrole nitrogens is 2. The van der Waals surface area contributed by atoms with Gasteiger partial charge in [0.25, 0.3) is 0 Å². The number of nitrogens with zero attached hydrogens (tertiary/aromatic N) is 3. The maximum Gasteiger partial charge on any atom is 0.225 e. The van der Waals surface area contributed by atoms with Gasteiger partial charge < -0.3 is 15.6 Å². The third kappa shape index (κ3) is 3.36. The molecule has 0 radical (unpaired) electrons. The number of aromatic nitrogens is 5. The number of fused-ring (bicyclic) bond motifs is 1. The Bertz CT molecular complexity index is 1080. The smallest absolute Gasteiger partial charge is 0.225 e. The topological polar surface area (TPSA) is 94.3 Å². The standard InChI is InChI=1S/C20H21N7/c1-12(14-4-5-16-15(10-14)6-8-21-16)23-20-22-9-7-18(25-20)24-19-11-17(26-27-19)13-2-3-13/h4-13,21H,2-3H2,1H3,(H3,22,23,24,25,26,27)/t12-/m1/s1. The highest BCUT2D eigenvalue weighted by Gasteiger charge is 2.25. The zero-order valence-corrected chi connectivity index (χ0v) is 15.0. The maximum absolute atomic E-state index is 4.56. The van der Waals surface area contributed by atoms with Gasteiger partial charge in [-0.3, -0.25) is 5.10 Å². The zero-order chi connectivity index (χ0) is 18.2. The summed E-state index contributed by atoms with van der Waals surface area (Å²) in [6, 6.07) is 12.4. The Morgan fingerprint density at radius 1 is 1.11 bits per heavy atom. The molecule has 7 heteroatoms. The Labute approximate surface area is 156 Å². The molecule has 1 aromatic carbocycles. The average Bonchev–Trinajstić information content (AvgIpc) is 3.23. The van der Waals surface area contributed by atoms with Crippen LogP contribution in [0.15, 0.2) is 48.8 Å². The summed E-state index contributed by atoms with van der Waals surface area (Å²) in [5.41, 5.74) is 3.52. The molecule has 27 heavy (non-hydrogen) atoms. The van der Waals surface area contributed by atoms with Crippen molar-refractivity contribution in [2.45, 2.75) is 31.7 Å². The van der Waals surface area contributed by atoms with Gasteiger partial charge in [0.05, 0.1) is 6.04 Å². The molecular weight excluding hydrogens is 338 g/mol. The summed E-state index contributed by atoms with van der Waals surface area (Å²) >= 11 is 0. The molecule has 4 N–H and O–H groups in total. The molecular formula is C20H21N7. The van der Waals surface area contributed by atoms with Crippen LogP contribution in [0.5, 0.6) is 0 Å². The van der Waals surface area contributed by atoms with Crippen molar-refractivity contribution in [3.8, 4) is 0 Å². The number of hydrogen-bond acceptors (Lipinski definition) is 5. The number of benzene rings is 1. The number of anilines is 3. The molecule has 3 heterocycles. The SMILES string of the molecule is C[C@@H](Nc1nccc(Nc2cc(C3CC3)[nH]n2)n1)c1ccc2[nH]ccc2c1. The summed E-state index contributed by atoms with van der Waals surface area (Å²) in [6.45, 7) is 2.10. The fraction of sp³-hybridized carbons (Fsp3) is 0.250. The first-order valence-corrected chi connectivity index (χ1v) is 9.23. The molecule has 0 unspecified atom stereocenters. The number of hydrogen-bond donors (Lipinski definition) is 4. The highest BCUT2D eigenvalue weighted by molar-refractivity contribution is 5.80. The molecule has 0 aliphatic heterocycles. The second-order valence-electron chi connectivity index (χ2n) is 7.06. The van der Waals surface area contributed by atoms with E-state index in [9.17, 15) is 0 Å². The molecule has 0 saturated heterocycles. The van der Waals surface area contributed by atoms with E-state index in [0.717, 1.165) is 17.2 Å². The van der Waals surface area contributed by atoms with E-state index in [4.69, 9.17) is 0 Å². The van der Waals surface area contributed by atoms with Gasteiger partial charge in [-0.1, -0.05) is 6.07 Å². The summed E-state index contributed by atoms with van der Waals surface area (Å²) in [6.07, 6.45) is 6.19. The van der Waals surface area contributed by atoms with E-state index in [0.29, 0.717) is 11.9 Å². The van der Waals surface area contributed by atoms with Gasteiger partial charge in [0, 0.05) is 35.6 Å². The number of aromatic amines is 2. The van der Waals surface area contributed by atoms with Crippen molar-refractivity contribution < 1.29 is 0 Å². The van der Waals surface area contributed by atoms with Crippen molar-refractivity contribution in [2.24, 2.45) is 0 Å². The van der Waals surface area contributed by atoms with Gasteiger partial charge in [-0.15, -0.1) is 0 Å². The van der Waals surface area contributed by atoms with Gasteiger partial charge >= 0.3 is 0 Å². The number of nitrogens with one attached hydrogen (secondary N) is 4. The van der Waals surface area contributed by atoms with Crippen molar-refractivity contribution >= 4 is 28.5 Å². The number of rotatable bonds is 6. The van der Waals surface area contributed by atoms with E-state index in [1.807, 2.05) is 12.3 Å². The summed E-state index contributed by atoms with van der Waals surface area (Å²) in [4.78, 5) is 12.1. The van der Waals surface area contributed by atoms with Crippen molar-refractivity contribution in [2.75, 3.05) is 10.6 Å². The maximum atomic E-state index is 4.56. The molecule has 7 nitrogen and oxygen atoms in total. The van der Waals surface area contributed by atoms with Gasteiger partial charge in [0.2, 0.25) is 5.95 Å². The lowest BCUT2D eigenvalue weighted by Crippen LogP contribution is -2.10. The highest BCUT2D eigenvalue weighted by atomic mass is 15.2. The van der Waals surface area contributed by atoms with Crippen LogP contribution in [0.1, 0.15) is 43.0 Å². The monoisotopic (exact) mass is 359 g/mol. The fourth-order valence-corrected chi connectivity index (χ4v) is 3.25. The lowest BCUT2D eigenvalue weighted by atomic mass is 10.1. The Kier molecular flexibility index (Phi) is 3.78. The van der Waals surface area contributed by atoms with Gasteiger partial charge in [0.1, 0.15) is 5.82 Å². The lowest BCUT2D eigenvalue weighted by molar-refractivity contribution is 0.863. The van der Waals surface area contributed by atoms with Crippen LogP contribution < -0.4 is 10.6 Å². The molecule has 4 aromatic rings. The summed E-state index contributed by atoms with van der Waals surface area (Å²) in [5.74, 6) is 2.73. The van der Waals surface area contributed by atoms with Crippen LogP contribution in [-0.2, 0) is 0 Å². The first kappa shape index (κ1) is 15.9. The fourth-order valence-electron chi connectivity index (χ4n) is 3.25. The Hall–Kier alpha value is -3.35. The molecule has 0 bridgehead atoms. The van der Waals surface area contributed by atoms with Gasteiger partial charge in [0.15, 0.2) is 5.82 Å². The molecule has 1 atom stereocenters. The van der Waals surface area contributed by atoms with E-state index in [1.165, 1.54) is 29.5 Å². The van der Waals surface area contributed by atoms with Crippen LogP contribution in [0, 0.1) is 0 Å². The molecule has 136 valence electrons. The van der Waals surface area contributed by atoms with E-state index < -0.39 is 0 Å². The van der Waals surface area contributed by atoms with Crippen LogP contribution >= 0.6 is 0 Å². The molecule has 1 saturated carbocycles. The van der Waals surface area contributed by atoms with Crippen molar-refractivity contribution in [3.05, 3.63) is 60.0 Å². The third-order valence-corrected chi connectivity index (χ3v) is 4.95. The van der Waals surface area contributed by atoms with Gasteiger partial charge in [-0.05, 0) is 55.0 Å². The van der Waals surface area contributed by atoms with E-state index in [1.54, 1.807) is 6.20 Å². The summed E-state index contributed by atoms with van der Waals surface area (Å²) in [5, 5.41) is 15.2. The molecule has 1 fully saturated rings. The minimum atomic E-state index is 0.0893. The second kappa shape index (κ2) is 6.42. The molecule has 0 spiro atoms. The Morgan fingerprint density at radius 2 is 2.04 bits per heavy atom. The minimum Gasteiger partial charge on any atom is -0.361 e. The average molecular weight is 359 g/mol. The molecule has 3 aromatic heterocycles. The van der Waals surface area contributed by atoms with Crippen molar-refractivity contribution in [3.63, 3.8) is 0 Å². The van der Waals surface area contributed by atoms with Crippen molar-refractivity contribution in [1.29, 1.82) is 0 Å². The molecule has 5 rings (SSSR count). The minimum absolute atomic E-state index is 0.0893. The lowest BCUT2D eigenvalue weighted by Gasteiger charge is -2.15. The van der Waals surface area contributed by atoms with Crippen LogP contribution in [0.25, 0.3) is 10.9 Å². The predicted molar refractivity (Wildman–Crippen MR) is 106 cm³/mol. The van der Waals surface area contributed by atoms with E-state index in [2.05, 4.69) is 73.0 Å². The zero-order valence-electron chi connectivity index (χ0n) is 15.0. The first-order valence-electron chi connectivity index (χ1n) is 9.23. The quantitative estimate of drug-likeness (QED) is 0.407. The highest BCUT2D eigenvalue weighted by Crippen LogP contribution is 2.39. The molecule has 0 amide bonds. The largest absolute Gasteiger partial charge is 0.361 e. The van der Waals surface area contributed by atoms with Crippen LogP contribution in [0.4, 0.5) is 17.6 Å². The Balaban J connectivity index is 1.30. The van der Waals surface area contributed by atoms with Crippen molar-refractivity contribution in [1.82, 2.24) is 25.1 Å². The molecule has 1 aliphatic carbocycles.